The molecule has 0 fully saturated rings. The molecule has 3 aromatic rings. The zero-order valence-electron chi connectivity index (χ0n) is 14.0. The second-order valence-corrected chi connectivity index (χ2v) is 7.81. The third-order valence-corrected chi connectivity index (χ3v) is 4.69. The van der Waals surface area contributed by atoms with Crippen molar-refractivity contribution < 1.29 is 8.42 Å². The van der Waals surface area contributed by atoms with E-state index in [9.17, 15) is 8.42 Å². The molecule has 0 atom stereocenters. The Bertz CT molecular complexity index is 985. The third-order valence-electron chi connectivity index (χ3n) is 3.76. The van der Waals surface area contributed by atoms with Gasteiger partial charge in [-0.05, 0) is 44.0 Å². The Kier molecular flexibility index (Phi) is 3.96. The van der Waals surface area contributed by atoms with Crippen molar-refractivity contribution in [2.45, 2.75) is 25.9 Å². The molecule has 3 rings (SSSR count). The monoisotopic (exact) mass is 342 g/mol. The molecule has 0 bridgehead atoms. The summed E-state index contributed by atoms with van der Waals surface area (Å²) >= 11 is 0. The maximum atomic E-state index is 12.2. The summed E-state index contributed by atoms with van der Waals surface area (Å²) in [5.74, 6) is 0.480. The van der Waals surface area contributed by atoms with Crippen molar-refractivity contribution in [2.75, 3.05) is 6.26 Å². The SMILES string of the molecule is Cc1cc(C)c(-n2c(-c3ccncc3)nnc2S(C)(=O)=O)c(C)c1. The van der Waals surface area contributed by atoms with Gasteiger partial charge in [0.1, 0.15) is 0 Å². The Morgan fingerprint density at radius 1 is 0.958 bits per heavy atom. The zero-order chi connectivity index (χ0) is 17.5. The van der Waals surface area contributed by atoms with E-state index in [2.05, 4.69) is 15.2 Å². The van der Waals surface area contributed by atoms with Crippen LogP contribution < -0.4 is 0 Å². The van der Waals surface area contributed by atoms with Gasteiger partial charge < -0.3 is 0 Å². The molecule has 0 unspecified atom stereocenters. The molecule has 0 amide bonds. The summed E-state index contributed by atoms with van der Waals surface area (Å²) in [6.07, 6.45) is 4.43. The van der Waals surface area contributed by atoms with E-state index >= 15 is 0 Å². The van der Waals surface area contributed by atoms with Gasteiger partial charge >= 0.3 is 0 Å². The van der Waals surface area contributed by atoms with Crippen LogP contribution in [-0.4, -0.2) is 34.4 Å². The van der Waals surface area contributed by atoms with Crippen LogP contribution in [0.25, 0.3) is 17.1 Å². The highest BCUT2D eigenvalue weighted by Crippen LogP contribution is 2.29. The van der Waals surface area contributed by atoms with Crippen molar-refractivity contribution in [1.29, 1.82) is 0 Å². The van der Waals surface area contributed by atoms with Crippen molar-refractivity contribution in [2.24, 2.45) is 0 Å². The van der Waals surface area contributed by atoms with Gasteiger partial charge in [0.15, 0.2) is 5.82 Å². The standard InChI is InChI=1S/C17H18N4O2S/c1-11-9-12(2)15(13(3)10-11)21-16(14-5-7-18-8-6-14)19-20-17(21)24(4,22)23/h5-10H,1-4H3. The van der Waals surface area contributed by atoms with Gasteiger partial charge in [-0.2, -0.15) is 0 Å². The minimum absolute atomic E-state index is 0.0654. The summed E-state index contributed by atoms with van der Waals surface area (Å²) in [6.45, 7) is 5.92. The first kappa shape index (κ1) is 16.3. The van der Waals surface area contributed by atoms with Crippen LogP contribution >= 0.6 is 0 Å². The Morgan fingerprint density at radius 3 is 2.08 bits per heavy atom. The molecule has 124 valence electrons. The highest BCUT2D eigenvalue weighted by Gasteiger charge is 2.24. The van der Waals surface area contributed by atoms with E-state index < -0.39 is 9.84 Å². The number of hydrogen-bond donors (Lipinski definition) is 0. The Labute approximate surface area is 141 Å². The van der Waals surface area contributed by atoms with Crippen LogP contribution in [0.2, 0.25) is 0 Å². The maximum Gasteiger partial charge on any atom is 0.254 e. The minimum Gasteiger partial charge on any atom is -0.265 e. The fourth-order valence-corrected chi connectivity index (χ4v) is 3.62. The van der Waals surface area contributed by atoms with E-state index in [1.165, 1.54) is 0 Å². The lowest BCUT2D eigenvalue weighted by molar-refractivity contribution is 0.589. The molecule has 0 aliphatic rings. The van der Waals surface area contributed by atoms with Gasteiger partial charge in [0.2, 0.25) is 9.84 Å². The molecule has 0 saturated heterocycles. The van der Waals surface area contributed by atoms with E-state index in [4.69, 9.17) is 0 Å². The van der Waals surface area contributed by atoms with Gasteiger partial charge in [-0.1, -0.05) is 17.7 Å². The molecule has 2 aromatic heterocycles. The second-order valence-electron chi connectivity index (χ2n) is 5.90. The van der Waals surface area contributed by atoms with Gasteiger partial charge in [0.05, 0.1) is 5.69 Å². The predicted molar refractivity (Wildman–Crippen MR) is 91.9 cm³/mol. The molecule has 24 heavy (non-hydrogen) atoms. The zero-order valence-corrected chi connectivity index (χ0v) is 14.8. The highest BCUT2D eigenvalue weighted by atomic mass is 32.2. The number of sulfone groups is 1. The fraction of sp³-hybridized carbons (Fsp3) is 0.235. The molecule has 0 saturated carbocycles. The number of hydrogen-bond acceptors (Lipinski definition) is 5. The largest absolute Gasteiger partial charge is 0.265 e. The first-order valence-corrected chi connectivity index (χ1v) is 9.32. The smallest absolute Gasteiger partial charge is 0.254 e. The van der Waals surface area contributed by atoms with Crippen LogP contribution in [0.1, 0.15) is 16.7 Å². The lowest BCUT2D eigenvalue weighted by Crippen LogP contribution is -2.11. The topological polar surface area (TPSA) is 77.7 Å². The van der Waals surface area contributed by atoms with Crippen molar-refractivity contribution >= 4 is 9.84 Å². The summed E-state index contributed by atoms with van der Waals surface area (Å²) in [5, 5.41) is 8.02. The molecule has 0 aliphatic heterocycles. The van der Waals surface area contributed by atoms with Crippen molar-refractivity contribution in [3.05, 3.63) is 53.3 Å². The van der Waals surface area contributed by atoms with Crippen molar-refractivity contribution in [3.8, 4) is 17.1 Å². The average molecular weight is 342 g/mol. The number of aromatic nitrogens is 4. The van der Waals surface area contributed by atoms with Crippen LogP contribution in [0.15, 0.2) is 41.8 Å². The molecule has 0 radical (unpaired) electrons. The van der Waals surface area contributed by atoms with Crippen LogP contribution in [0.3, 0.4) is 0 Å². The van der Waals surface area contributed by atoms with Crippen LogP contribution in [0, 0.1) is 20.8 Å². The molecule has 6 nitrogen and oxygen atoms in total. The molecule has 0 N–H and O–H groups in total. The highest BCUT2D eigenvalue weighted by molar-refractivity contribution is 7.90. The van der Waals surface area contributed by atoms with Crippen molar-refractivity contribution in [1.82, 2.24) is 19.7 Å². The number of aryl methyl sites for hydroxylation is 3. The van der Waals surface area contributed by atoms with E-state index in [0.717, 1.165) is 34.2 Å². The first-order valence-electron chi connectivity index (χ1n) is 7.43. The molecular formula is C17H18N4O2S. The second kappa shape index (κ2) is 5.83. The van der Waals surface area contributed by atoms with Gasteiger partial charge in [-0.15, -0.1) is 10.2 Å². The number of nitrogens with zero attached hydrogens (tertiary/aromatic N) is 4. The quantitative estimate of drug-likeness (QED) is 0.731. The fourth-order valence-electron chi connectivity index (χ4n) is 2.92. The molecule has 0 spiro atoms. The van der Waals surface area contributed by atoms with Crippen molar-refractivity contribution in [3.63, 3.8) is 0 Å². The number of rotatable bonds is 3. The predicted octanol–water partition coefficient (Wildman–Crippen LogP) is 2.66. The van der Waals surface area contributed by atoms with E-state index in [1.54, 1.807) is 29.1 Å². The van der Waals surface area contributed by atoms with E-state index in [-0.39, 0.29) is 5.16 Å². The third kappa shape index (κ3) is 2.82. The van der Waals surface area contributed by atoms with E-state index in [0.29, 0.717) is 5.82 Å². The summed E-state index contributed by atoms with van der Waals surface area (Å²) in [7, 11) is -3.54. The summed E-state index contributed by atoms with van der Waals surface area (Å²) in [6, 6.07) is 7.60. The number of benzene rings is 1. The normalized spacial score (nSPS) is 11.7. The average Bonchev–Trinajstić information content (AvgIpc) is 2.92. The lowest BCUT2D eigenvalue weighted by Gasteiger charge is -2.16. The summed E-state index contributed by atoms with van der Waals surface area (Å²) < 4.78 is 26.1. The summed E-state index contributed by atoms with van der Waals surface area (Å²) in [5.41, 5.74) is 4.60. The van der Waals surface area contributed by atoms with E-state index in [1.807, 2.05) is 32.9 Å². The molecular weight excluding hydrogens is 324 g/mol. The van der Waals surface area contributed by atoms with Crippen LogP contribution in [-0.2, 0) is 9.84 Å². The van der Waals surface area contributed by atoms with Gasteiger partial charge in [-0.3, -0.25) is 9.55 Å². The Hall–Kier alpha value is -2.54. The maximum absolute atomic E-state index is 12.2. The molecule has 7 heteroatoms. The first-order chi connectivity index (χ1) is 11.3. The molecule has 0 aliphatic carbocycles. The van der Waals surface area contributed by atoms with Gasteiger partial charge in [0.25, 0.3) is 5.16 Å². The van der Waals surface area contributed by atoms with Crippen LogP contribution in [0.4, 0.5) is 0 Å². The summed E-state index contributed by atoms with van der Waals surface area (Å²) in [4.78, 5) is 4.00. The Balaban J connectivity index is 2.40. The van der Waals surface area contributed by atoms with Gasteiger partial charge in [0, 0.05) is 24.2 Å². The molecule has 2 heterocycles. The van der Waals surface area contributed by atoms with Crippen LogP contribution in [0.5, 0.6) is 0 Å². The lowest BCUT2D eigenvalue weighted by atomic mass is 10.0. The Morgan fingerprint density at radius 2 is 1.54 bits per heavy atom. The number of pyridine rings is 1. The molecule has 1 aromatic carbocycles. The minimum atomic E-state index is -3.54. The van der Waals surface area contributed by atoms with Gasteiger partial charge in [-0.25, -0.2) is 8.42 Å².